The van der Waals surface area contributed by atoms with Crippen molar-refractivity contribution < 1.29 is 0 Å². The third-order valence-electron chi connectivity index (χ3n) is 2.96. The fraction of sp³-hybridized carbons (Fsp3) is 0.571. The SMILES string of the molecule is CCc1cc(CC)[nH]n1.CCc1n[nH]c(CC)c1Br. The summed E-state index contributed by atoms with van der Waals surface area (Å²) in [4.78, 5) is 0. The zero-order valence-electron chi connectivity index (χ0n) is 12.2. The highest BCUT2D eigenvalue weighted by atomic mass is 79.9. The van der Waals surface area contributed by atoms with Crippen molar-refractivity contribution >= 4 is 15.9 Å². The Labute approximate surface area is 123 Å². The molecular formula is C14H23BrN4. The minimum absolute atomic E-state index is 0.983. The van der Waals surface area contributed by atoms with Gasteiger partial charge in [0.25, 0.3) is 0 Å². The number of aromatic nitrogens is 4. The first-order valence-corrected chi connectivity index (χ1v) is 7.70. The van der Waals surface area contributed by atoms with Crippen LogP contribution in [0.1, 0.15) is 50.5 Å². The van der Waals surface area contributed by atoms with E-state index in [0.29, 0.717) is 0 Å². The van der Waals surface area contributed by atoms with Gasteiger partial charge in [-0.25, -0.2) is 0 Å². The fourth-order valence-corrected chi connectivity index (χ4v) is 2.39. The molecule has 0 bridgehead atoms. The van der Waals surface area contributed by atoms with Crippen molar-refractivity contribution in [1.82, 2.24) is 20.4 Å². The molecule has 19 heavy (non-hydrogen) atoms. The van der Waals surface area contributed by atoms with Gasteiger partial charge >= 0.3 is 0 Å². The van der Waals surface area contributed by atoms with Gasteiger partial charge in [-0.05, 0) is 47.7 Å². The molecule has 2 aromatic rings. The molecule has 0 aliphatic carbocycles. The van der Waals surface area contributed by atoms with Crippen molar-refractivity contribution in [3.05, 3.63) is 33.3 Å². The number of halogens is 1. The number of nitrogens with one attached hydrogen (secondary N) is 2. The van der Waals surface area contributed by atoms with Gasteiger partial charge in [0.2, 0.25) is 0 Å². The van der Waals surface area contributed by atoms with Gasteiger partial charge in [-0.3, -0.25) is 10.2 Å². The molecule has 0 saturated heterocycles. The van der Waals surface area contributed by atoms with Crippen LogP contribution in [0.2, 0.25) is 0 Å². The molecule has 0 saturated carbocycles. The molecule has 0 aliphatic rings. The van der Waals surface area contributed by atoms with Crippen LogP contribution >= 0.6 is 15.9 Å². The summed E-state index contributed by atoms with van der Waals surface area (Å²) in [6.07, 6.45) is 4.06. The van der Waals surface area contributed by atoms with Crippen LogP contribution in [0.3, 0.4) is 0 Å². The van der Waals surface area contributed by atoms with E-state index >= 15 is 0 Å². The van der Waals surface area contributed by atoms with Gasteiger partial charge in [0, 0.05) is 11.4 Å². The minimum Gasteiger partial charge on any atom is -0.282 e. The molecule has 2 aromatic heterocycles. The van der Waals surface area contributed by atoms with E-state index in [4.69, 9.17) is 0 Å². The second-order valence-electron chi connectivity index (χ2n) is 4.26. The smallest absolute Gasteiger partial charge is 0.0764 e. The summed E-state index contributed by atoms with van der Waals surface area (Å²) in [5.74, 6) is 0. The van der Waals surface area contributed by atoms with E-state index in [1.54, 1.807) is 0 Å². The molecule has 0 unspecified atom stereocenters. The third-order valence-corrected chi connectivity index (χ3v) is 3.90. The number of aryl methyl sites for hydroxylation is 4. The van der Waals surface area contributed by atoms with Crippen molar-refractivity contribution in [2.45, 2.75) is 53.4 Å². The monoisotopic (exact) mass is 326 g/mol. The van der Waals surface area contributed by atoms with Crippen molar-refractivity contribution in [3.8, 4) is 0 Å². The second kappa shape index (κ2) is 8.15. The first-order chi connectivity index (χ1) is 9.15. The lowest BCUT2D eigenvalue weighted by atomic mass is 10.3. The van der Waals surface area contributed by atoms with Crippen molar-refractivity contribution in [3.63, 3.8) is 0 Å². The lowest BCUT2D eigenvalue weighted by Gasteiger charge is -1.89. The summed E-state index contributed by atoms with van der Waals surface area (Å²) in [7, 11) is 0. The molecule has 106 valence electrons. The Hall–Kier alpha value is -1.10. The summed E-state index contributed by atoms with van der Waals surface area (Å²) >= 11 is 3.48. The van der Waals surface area contributed by atoms with Crippen LogP contribution < -0.4 is 0 Å². The Morgan fingerprint density at radius 2 is 1.68 bits per heavy atom. The maximum atomic E-state index is 4.13. The normalized spacial score (nSPS) is 10.2. The van der Waals surface area contributed by atoms with Gasteiger partial charge in [0.05, 0.1) is 15.9 Å². The molecule has 0 spiro atoms. The fourth-order valence-electron chi connectivity index (χ4n) is 1.65. The minimum atomic E-state index is 0.983. The molecule has 2 heterocycles. The number of H-pyrrole nitrogens is 2. The Bertz CT molecular complexity index is 447. The van der Waals surface area contributed by atoms with Gasteiger partial charge in [-0.1, -0.05) is 27.7 Å². The molecule has 0 radical (unpaired) electrons. The quantitative estimate of drug-likeness (QED) is 0.896. The summed E-state index contributed by atoms with van der Waals surface area (Å²) in [5.41, 5.74) is 4.70. The predicted molar refractivity (Wildman–Crippen MR) is 82.4 cm³/mol. The summed E-state index contributed by atoms with van der Waals surface area (Å²) in [5, 5.41) is 14.1. The highest BCUT2D eigenvalue weighted by Gasteiger charge is 2.05. The molecule has 2 rings (SSSR count). The number of aromatic amines is 2. The van der Waals surface area contributed by atoms with Gasteiger partial charge < -0.3 is 0 Å². The van der Waals surface area contributed by atoms with Crippen LogP contribution in [0, 0.1) is 0 Å². The Kier molecular flexibility index (Phi) is 6.84. The zero-order valence-corrected chi connectivity index (χ0v) is 13.8. The number of rotatable bonds is 4. The molecule has 0 amide bonds. The van der Waals surface area contributed by atoms with Crippen LogP contribution in [0.4, 0.5) is 0 Å². The molecule has 0 aromatic carbocycles. The topological polar surface area (TPSA) is 57.4 Å². The van der Waals surface area contributed by atoms with Crippen LogP contribution in [0.25, 0.3) is 0 Å². The molecule has 0 atom stereocenters. The molecule has 2 N–H and O–H groups in total. The van der Waals surface area contributed by atoms with E-state index in [9.17, 15) is 0 Å². The molecule has 0 aliphatic heterocycles. The Balaban J connectivity index is 0.000000191. The van der Waals surface area contributed by atoms with E-state index in [1.807, 2.05) is 0 Å². The summed E-state index contributed by atoms with van der Waals surface area (Å²) in [6.45, 7) is 8.43. The van der Waals surface area contributed by atoms with E-state index in [-0.39, 0.29) is 0 Å². The standard InChI is InChI=1S/C7H11BrN2.C7H12N2/c1-3-5-7(8)6(4-2)10-9-5;1-3-6-5-7(4-2)9-8-6/h3-4H2,1-2H3,(H,9,10);5H,3-4H2,1-2H3,(H,8,9). The predicted octanol–water partition coefficient (Wildman–Crippen LogP) is 3.83. The highest BCUT2D eigenvalue weighted by molar-refractivity contribution is 9.10. The van der Waals surface area contributed by atoms with Crippen molar-refractivity contribution in [2.75, 3.05) is 0 Å². The van der Waals surface area contributed by atoms with Crippen LogP contribution in [0.5, 0.6) is 0 Å². The van der Waals surface area contributed by atoms with Crippen LogP contribution in [-0.4, -0.2) is 20.4 Å². The molecule has 4 nitrogen and oxygen atoms in total. The Morgan fingerprint density at radius 3 is 2.00 bits per heavy atom. The van der Waals surface area contributed by atoms with Crippen LogP contribution in [0.15, 0.2) is 10.5 Å². The lowest BCUT2D eigenvalue weighted by Crippen LogP contribution is -1.79. The number of hydrogen-bond acceptors (Lipinski definition) is 2. The van der Waals surface area contributed by atoms with E-state index in [2.05, 4.69) is 70.1 Å². The lowest BCUT2D eigenvalue weighted by molar-refractivity contribution is 0.936. The Morgan fingerprint density at radius 1 is 0.947 bits per heavy atom. The second-order valence-corrected chi connectivity index (χ2v) is 5.05. The van der Waals surface area contributed by atoms with Crippen LogP contribution in [-0.2, 0) is 25.7 Å². The molecule has 5 heteroatoms. The average Bonchev–Trinajstić information content (AvgIpc) is 3.05. The van der Waals surface area contributed by atoms with E-state index < -0.39 is 0 Å². The highest BCUT2D eigenvalue weighted by Crippen LogP contribution is 2.19. The van der Waals surface area contributed by atoms with Gasteiger partial charge in [-0.2, -0.15) is 10.2 Å². The summed E-state index contributed by atoms with van der Waals surface area (Å²) < 4.78 is 1.15. The van der Waals surface area contributed by atoms with Gasteiger partial charge in [-0.15, -0.1) is 0 Å². The van der Waals surface area contributed by atoms with Gasteiger partial charge in [0.1, 0.15) is 0 Å². The summed E-state index contributed by atoms with van der Waals surface area (Å²) in [6, 6.07) is 2.11. The van der Waals surface area contributed by atoms with E-state index in [0.717, 1.165) is 41.5 Å². The zero-order chi connectivity index (χ0) is 14.3. The van der Waals surface area contributed by atoms with Gasteiger partial charge in [0.15, 0.2) is 0 Å². The first kappa shape index (κ1) is 16.0. The molecule has 0 fully saturated rings. The maximum Gasteiger partial charge on any atom is 0.0764 e. The molecular weight excluding hydrogens is 304 g/mol. The number of hydrogen-bond donors (Lipinski definition) is 2. The largest absolute Gasteiger partial charge is 0.282 e. The average molecular weight is 327 g/mol. The first-order valence-electron chi connectivity index (χ1n) is 6.90. The van der Waals surface area contributed by atoms with Crippen molar-refractivity contribution in [1.29, 1.82) is 0 Å². The van der Waals surface area contributed by atoms with E-state index in [1.165, 1.54) is 11.4 Å². The third kappa shape index (κ3) is 4.49. The maximum absolute atomic E-state index is 4.13. The van der Waals surface area contributed by atoms with Crippen molar-refractivity contribution in [2.24, 2.45) is 0 Å². The number of nitrogens with zero attached hydrogens (tertiary/aromatic N) is 2.